The van der Waals surface area contributed by atoms with Gasteiger partial charge in [0.25, 0.3) is 0 Å². The zero-order valence-corrected chi connectivity index (χ0v) is 16.3. The van der Waals surface area contributed by atoms with E-state index in [9.17, 15) is 18.0 Å². The minimum absolute atomic E-state index is 0.113. The summed E-state index contributed by atoms with van der Waals surface area (Å²) in [6.45, 7) is 6.22. The van der Waals surface area contributed by atoms with Gasteiger partial charge in [0.2, 0.25) is 21.8 Å². The number of hydrogen-bond acceptors (Lipinski definition) is 4. The molecule has 144 valence electrons. The van der Waals surface area contributed by atoms with Crippen molar-refractivity contribution in [3.63, 3.8) is 0 Å². The van der Waals surface area contributed by atoms with Crippen LogP contribution in [0.2, 0.25) is 0 Å². The average molecular weight is 381 g/mol. The first-order chi connectivity index (χ1) is 12.2. The van der Waals surface area contributed by atoms with E-state index in [1.165, 1.54) is 4.31 Å². The number of aryl methyl sites for hydroxylation is 1. The van der Waals surface area contributed by atoms with Crippen LogP contribution in [0.25, 0.3) is 0 Å². The predicted molar refractivity (Wildman–Crippen MR) is 98.4 cm³/mol. The Balaban J connectivity index is 1.98. The summed E-state index contributed by atoms with van der Waals surface area (Å²) in [5.41, 5.74) is 5.80. The molecule has 0 bridgehead atoms. The highest BCUT2D eigenvalue weighted by Crippen LogP contribution is 2.24. The maximum atomic E-state index is 12.8. The van der Waals surface area contributed by atoms with Gasteiger partial charge in [0, 0.05) is 19.5 Å². The lowest BCUT2D eigenvalue weighted by Gasteiger charge is -2.31. The molecule has 0 unspecified atom stereocenters. The number of sulfonamides is 1. The number of amides is 2. The molecule has 26 heavy (non-hydrogen) atoms. The van der Waals surface area contributed by atoms with Crippen LogP contribution in [0, 0.1) is 18.8 Å². The third-order valence-corrected chi connectivity index (χ3v) is 6.21. The number of hydrazine groups is 1. The van der Waals surface area contributed by atoms with Crippen molar-refractivity contribution in [3.8, 4) is 0 Å². The average Bonchev–Trinajstić information content (AvgIpc) is 2.59. The summed E-state index contributed by atoms with van der Waals surface area (Å²) in [4.78, 5) is 24.2. The fourth-order valence-electron chi connectivity index (χ4n) is 2.89. The monoisotopic (exact) mass is 381 g/mol. The van der Waals surface area contributed by atoms with Crippen LogP contribution >= 0.6 is 0 Å². The molecule has 0 aromatic heterocycles. The van der Waals surface area contributed by atoms with Gasteiger partial charge in [-0.3, -0.25) is 20.4 Å². The minimum atomic E-state index is -3.63. The Hall–Kier alpha value is -1.93. The second-order valence-electron chi connectivity index (χ2n) is 7.15. The van der Waals surface area contributed by atoms with E-state index in [0.717, 1.165) is 5.56 Å². The molecule has 1 atom stereocenters. The molecule has 8 heteroatoms. The lowest BCUT2D eigenvalue weighted by atomic mass is 9.99. The fraction of sp³-hybridized carbons (Fsp3) is 0.556. The Labute approximate surface area is 155 Å². The molecule has 0 saturated carbocycles. The third kappa shape index (κ3) is 5.28. The van der Waals surface area contributed by atoms with Gasteiger partial charge in [-0.25, -0.2) is 8.42 Å². The second-order valence-corrected chi connectivity index (χ2v) is 9.09. The molecule has 2 N–H and O–H groups in total. The van der Waals surface area contributed by atoms with Crippen molar-refractivity contribution in [2.24, 2.45) is 11.8 Å². The minimum Gasteiger partial charge on any atom is -0.273 e. The summed E-state index contributed by atoms with van der Waals surface area (Å²) in [7, 11) is -3.63. The molecule has 1 heterocycles. The SMILES string of the molecule is Cc1ccc(S(=O)(=O)N2CCC[C@@H](C(=O)NNC(=O)CC(C)C)C2)cc1. The van der Waals surface area contributed by atoms with Crippen LogP contribution in [0.1, 0.15) is 38.7 Å². The van der Waals surface area contributed by atoms with Crippen LogP contribution in [-0.2, 0) is 19.6 Å². The first kappa shape index (κ1) is 20.4. The Kier molecular flexibility index (Phi) is 6.77. The van der Waals surface area contributed by atoms with Crippen LogP contribution < -0.4 is 10.9 Å². The molecule has 1 saturated heterocycles. The first-order valence-corrected chi connectivity index (χ1v) is 10.3. The molecule has 1 aliphatic heterocycles. The number of nitrogens with zero attached hydrogens (tertiary/aromatic N) is 1. The maximum Gasteiger partial charge on any atom is 0.243 e. The summed E-state index contributed by atoms with van der Waals surface area (Å²) >= 11 is 0. The zero-order chi connectivity index (χ0) is 19.3. The Bertz CT molecular complexity index is 744. The van der Waals surface area contributed by atoms with Crippen LogP contribution in [0.5, 0.6) is 0 Å². The van der Waals surface area contributed by atoms with E-state index in [1.54, 1.807) is 24.3 Å². The van der Waals surface area contributed by atoms with Gasteiger partial charge in [0.05, 0.1) is 10.8 Å². The maximum absolute atomic E-state index is 12.8. The van der Waals surface area contributed by atoms with Crippen molar-refractivity contribution in [1.82, 2.24) is 15.2 Å². The molecule has 1 fully saturated rings. The van der Waals surface area contributed by atoms with Crippen molar-refractivity contribution in [3.05, 3.63) is 29.8 Å². The van der Waals surface area contributed by atoms with Crippen molar-refractivity contribution in [1.29, 1.82) is 0 Å². The summed E-state index contributed by atoms with van der Waals surface area (Å²) < 4.78 is 26.9. The number of benzene rings is 1. The molecule has 1 aromatic rings. The Morgan fingerprint density at radius 3 is 2.46 bits per heavy atom. The van der Waals surface area contributed by atoms with E-state index in [-0.39, 0.29) is 29.2 Å². The summed E-state index contributed by atoms with van der Waals surface area (Å²) in [5, 5.41) is 0. The van der Waals surface area contributed by atoms with Crippen LogP contribution in [0.4, 0.5) is 0 Å². The number of carbonyl (C=O) groups is 2. The fourth-order valence-corrected chi connectivity index (χ4v) is 4.41. The molecule has 0 radical (unpaired) electrons. The van der Waals surface area contributed by atoms with E-state index >= 15 is 0 Å². The Morgan fingerprint density at radius 2 is 1.85 bits per heavy atom. The molecule has 2 amide bonds. The largest absolute Gasteiger partial charge is 0.273 e. The second kappa shape index (κ2) is 8.64. The number of nitrogens with one attached hydrogen (secondary N) is 2. The van der Waals surface area contributed by atoms with Crippen molar-refractivity contribution >= 4 is 21.8 Å². The van der Waals surface area contributed by atoms with Gasteiger partial charge in [0.1, 0.15) is 0 Å². The number of rotatable bonds is 5. The Morgan fingerprint density at radius 1 is 1.19 bits per heavy atom. The summed E-state index contributed by atoms with van der Waals surface area (Å²) in [6.07, 6.45) is 1.51. The number of hydrogen-bond donors (Lipinski definition) is 2. The summed E-state index contributed by atoms with van der Waals surface area (Å²) in [6, 6.07) is 6.68. The van der Waals surface area contributed by atoms with E-state index in [4.69, 9.17) is 0 Å². The van der Waals surface area contributed by atoms with Gasteiger partial charge in [-0.2, -0.15) is 4.31 Å². The molecule has 7 nitrogen and oxygen atoms in total. The van der Waals surface area contributed by atoms with Crippen molar-refractivity contribution in [2.75, 3.05) is 13.1 Å². The molecular formula is C18H27N3O4S. The van der Waals surface area contributed by atoms with E-state index in [2.05, 4.69) is 10.9 Å². The van der Waals surface area contributed by atoms with Crippen LogP contribution in [0.15, 0.2) is 29.2 Å². The topological polar surface area (TPSA) is 95.6 Å². The lowest BCUT2D eigenvalue weighted by Crippen LogP contribution is -2.50. The number of carbonyl (C=O) groups excluding carboxylic acids is 2. The van der Waals surface area contributed by atoms with E-state index < -0.39 is 15.9 Å². The van der Waals surface area contributed by atoms with E-state index in [1.807, 2.05) is 20.8 Å². The predicted octanol–water partition coefficient (Wildman–Crippen LogP) is 1.59. The van der Waals surface area contributed by atoms with Gasteiger partial charge >= 0.3 is 0 Å². The molecule has 0 spiro atoms. The highest BCUT2D eigenvalue weighted by atomic mass is 32.2. The molecular weight excluding hydrogens is 354 g/mol. The highest BCUT2D eigenvalue weighted by Gasteiger charge is 2.33. The highest BCUT2D eigenvalue weighted by molar-refractivity contribution is 7.89. The van der Waals surface area contributed by atoms with Crippen LogP contribution in [0.3, 0.4) is 0 Å². The van der Waals surface area contributed by atoms with Gasteiger partial charge in [-0.05, 0) is 37.8 Å². The van der Waals surface area contributed by atoms with Gasteiger partial charge < -0.3 is 0 Å². The lowest BCUT2D eigenvalue weighted by molar-refractivity contribution is -0.132. The smallest absolute Gasteiger partial charge is 0.243 e. The molecule has 1 aromatic carbocycles. The summed E-state index contributed by atoms with van der Waals surface area (Å²) in [5.74, 6) is -0.903. The number of piperidine rings is 1. The van der Waals surface area contributed by atoms with E-state index in [0.29, 0.717) is 25.8 Å². The van der Waals surface area contributed by atoms with Gasteiger partial charge in [-0.1, -0.05) is 31.5 Å². The standard InChI is InChI=1S/C18H27N3O4S/c1-13(2)11-17(22)19-20-18(23)15-5-4-10-21(12-15)26(24,25)16-8-6-14(3)7-9-16/h6-9,13,15H,4-5,10-12H2,1-3H3,(H,19,22)(H,20,23)/t15-/m1/s1. The van der Waals surface area contributed by atoms with Crippen molar-refractivity contribution < 1.29 is 18.0 Å². The van der Waals surface area contributed by atoms with Crippen molar-refractivity contribution in [2.45, 2.75) is 44.9 Å². The quantitative estimate of drug-likeness (QED) is 0.757. The van der Waals surface area contributed by atoms with Gasteiger partial charge in [-0.15, -0.1) is 0 Å². The molecule has 0 aliphatic carbocycles. The van der Waals surface area contributed by atoms with Gasteiger partial charge in [0.15, 0.2) is 0 Å². The van der Waals surface area contributed by atoms with Crippen LogP contribution in [-0.4, -0.2) is 37.6 Å². The molecule has 2 rings (SSSR count). The molecule has 1 aliphatic rings. The first-order valence-electron chi connectivity index (χ1n) is 8.85. The normalized spacial score (nSPS) is 18.5. The third-order valence-electron chi connectivity index (χ3n) is 4.33. The zero-order valence-electron chi connectivity index (χ0n) is 15.5.